The second-order valence-electron chi connectivity index (χ2n) is 12.4. The molecular weight excluding hydrogens is 666 g/mol. The summed E-state index contributed by atoms with van der Waals surface area (Å²) < 4.78 is 44.7. The number of carbonyl (C=O) groups is 2. The molecule has 5 aromatic rings. The van der Waals surface area contributed by atoms with Crippen LogP contribution >= 0.6 is 0 Å². The number of hydrogen-bond donors (Lipinski definition) is 0. The Hall–Kier alpha value is -5.59. The van der Waals surface area contributed by atoms with Crippen molar-refractivity contribution in [1.82, 2.24) is 4.98 Å². The summed E-state index contributed by atoms with van der Waals surface area (Å²) in [6.07, 6.45) is 1.76. The minimum absolute atomic E-state index is 0.0866. The van der Waals surface area contributed by atoms with Gasteiger partial charge in [0, 0.05) is 6.07 Å². The van der Waals surface area contributed by atoms with Crippen LogP contribution in [0.2, 0.25) is 0 Å². The normalized spacial score (nSPS) is 17.0. The van der Waals surface area contributed by atoms with Gasteiger partial charge in [-0.2, -0.15) is 0 Å². The molecule has 0 amide bonds. The molecule has 4 aromatic carbocycles. The van der Waals surface area contributed by atoms with Gasteiger partial charge in [0.15, 0.2) is 0 Å². The quantitative estimate of drug-likeness (QED) is 0.0563. The first-order valence-electron chi connectivity index (χ1n) is 17.0. The number of carbonyl (C=O) groups excluding carboxylic acids is 2. The third-order valence-electron chi connectivity index (χ3n) is 8.34. The van der Waals surface area contributed by atoms with E-state index in [9.17, 15) is 9.59 Å². The average Bonchev–Trinajstić information content (AvgIpc) is 4.11. The molecule has 1 aromatic heterocycles. The number of epoxide rings is 2. The Morgan fingerprint density at radius 2 is 0.981 bits per heavy atom. The van der Waals surface area contributed by atoms with E-state index >= 15 is 0 Å². The van der Waals surface area contributed by atoms with Crippen molar-refractivity contribution in [1.29, 1.82) is 0 Å². The first kappa shape index (κ1) is 34.8. The van der Waals surface area contributed by atoms with Gasteiger partial charge in [-0.15, -0.1) is 0 Å². The van der Waals surface area contributed by atoms with Crippen molar-refractivity contribution >= 4 is 11.9 Å². The molecule has 11 nitrogen and oxygen atoms in total. The van der Waals surface area contributed by atoms with Crippen molar-refractivity contribution in [3.05, 3.63) is 138 Å². The van der Waals surface area contributed by atoms with E-state index < -0.39 is 11.9 Å². The van der Waals surface area contributed by atoms with E-state index in [2.05, 4.69) is 4.98 Å². The molecule has 0 spiro atoms. The smallest absolute Gasteiger partial charge is 0.343 e. The molecule has 2 fully saturated rings. The Labute approximate surface area is 300 Å². The standard InChI is InChI=1S/C41H37NO10/c1-26(45-22-37-24-47-37)28-3-11-34(12-4-28)51-40(43)30-7-15-32(16-8-30)49-36-19-20-39(42-21-36)50-33-17-9-31(10-18-33)41(44)52-35-13-5-29(6-14-35)27(2)46-23-38-25-48-38/h3-21,26-27,37-38H,22-25H2,1-2H3. The third-order valence-corrected chi connectivity index (χ3v) is 8.34. The fraction of sp³-hybridized carbons (Fsp3) is 0.244. The topological polar surface area (TPSA) is 127 Å². The highest BCUT2D eigenvalue weighted by atomic mass is 16.6. The van der Waals surface area contributed by atoms with Gasteiger partial charge < -0.3 is 37.9 Å². The predicted octanol–water partition coefficient (Wildman–Crippen LogP) is 8.06. The highest BCUT2D eigenvalue weighted by molar-refractivity contribution is 5.91. The second-order valence-corrected chi connectivity index (χ2v) is 12.4. The number of esters is 2. The monoisotopic (exact) mass is 703 g/mol. The lowest BCUT2D eigenvalue weighted by atomic mass is 10.1. The highest BCUT2D eigenvalue weighted by Crippen LogP contribution is 2.28. The second kappa shape index (κ2) is 16.2. The van der Waals surface area contributed by atoms with E-state index in [4.69, 9.17) is 37.9 Å². The van der Waals surface area contributed by atoms with Gasteiger partial charge in [-0.1, -0.05) is 24.3 Å². The van der Waals surface area contributed by atoms with Gasteiger partial charge in [0.1, 0.15) is 41.0 Å². The van der Waals surface area contributed by atoms with Crippen molar-refractivity contribution in [3.63, 3.8) is 0 Å². The Balaban J connectivity index is 0.853. The first-order chi connectivity index (χ1) is 25.3. The van der Waals surface area contributed by atoms with Crippen LogP contribution in [0.15, 0.2) is 115 Å². The van der Waals surface area contributed by atoms with E-state index in [1.54, 1.807) is 84.9 Å². The molecule has 4 unspecified atom stereocenters. The van der Waals surface area contributed by atoms with Crippen LogP contribution in [0.25, 0.3) is 0 Å². The summed E-state index contributed by atoms with van der Waals surface area (Å²) in [4.78, 5) is 29.7. The zero-order valence-electron chi connectivity index (χ0n) is 28.6. The van der Waals surface area contributed by atoms with Crippen LogP contribution in [0.1, 0.15) is 57.9 Å². The molecule has 0 N–H and O–H groups in total. The minimum atomic E-state index is -0.486. The summed E-state index contributed by atoms with van der Waals surface area (Å²) in [7, 11) is 0. The molecule has 2 aliphatic rings. The number of rotatable bonds is 16. The van der Waals surface area contributed by atoms with Gasteiger partial charge >= 0.3 is 11.9 Å². The summed E-state index contributed by atoms with van der Waals surface area (Å²) in [5, 5.41) is 0. The van der Waals surface area contributed by atoms with Gasteiger partial charge in [0.2, 0.25) is 5.88 Å². The lowest BCUT2D eigenvalue weighted by molar-refractivity contribution is 0.0538. The maximum atomic E-state index is 12.7. The number of nitrogens with zero attached hydrogens (tertiary/aromatic N) is 1. The van der Waals surface area contributed by atoms with E-state index in [0.717, 1.165) is 24.3 Å². The zero-order chi connectivity index (χ0) is 35.9. The molecule has 3 heterocycles. The van der Waals surface area contributed by atoms with Crippen molar-refractivity contribution in [2.75, 3.05) is 26.4 Å². The van der Waals surface area contributed by atoms with Crippen LogP contribution < -0.4 is 18.9 Å². The van der Waals surface area contributed by atoms with Crippen LogP contribution in [0.4, 0.5) is 0 Å². The van der Waals surface area contributed by atoms with Crippen LogP contribution in [0.5, 0.6) is 34.6 Å². The van der Waals surface area contributed by atoms with E-state index in [-0.39, 0.29) is 24.4 Å². The summed E-state index contributed by atoms with van der Waals surface area (Å²) in [5.41, 5.74) is 2.72. The molecule has 11 heteroatoms. The average molecular weight is 704 g/mol. The van der Waals surface area contributed by atoms with Crippen molar-refractivity contribution in [3.8, 4) is 34.6 Å². The summed E-state index contributed by atoms with van der Waals surface area (Å²) in [6.45, 7) is 6.58. The molecule has 52 heavy (non-hydrogen) atoms. The van der Waals surface area contributed by atoms with Crippen molar-refractivity contribution < 1.29 is 47.5 Å². The maximum Gasteiger partial charge on any atom is 0.343 e. The summed E-state index contributed by atoms with van der Waals surface area (Å²) in [6, 6.07) is 31.1. The summed E-state index contributed by atoms with van der Waals surface area (Å²) in [5.74, 6) is 1.74. The molecule has 0 aliphatic carbocycles. The molecular formula is C41H37NO10. The Morgan fingerprint density at radius 1 is 0.577 bits per heavy atom. The number of pyridine rings is 1. The Bertz CT molecular complexity index is 1790. The molecule has 2 aliphatic heterocycles. The van der Waals surface area contributed by atoms with E-state index in [1.807, 2.05) is 38.1 Å². The Morgan fingerprint density at radius 3 is 1.38 bits per heavy atom. The van der Waals surface area contributed by atoms with Gasteiger partial charge in [0.25, 0.3) is 0 Å². The maximum absolute atomic E-state index is 12.7. The molecule has 0 radical (unpaired) electrons. The lowest BCUT2D eigenvalue weighted by Crippen LogP contribution is -2.09. The molecule has 2 saturated heterocycles. The Kier molecular flexibility index (Phi) is 10.8. The number of hydrogen-bond acceptors (Lipinski definition) is 11. The predicted molar refractivity (Wildman–Crippen MR) is 188 cm³/mol. The summed E-state index contributed by atoms with van der Waals surface area (Å²) >= 11 is 0. The number of benzene rings is 4. The third kappa shape index (κ3) is 9.80. The lowest BCUT2D eigenvalue weighted by Gasteiger charge is -2.13. The van der Waals surface area contributed by atoms with Gasteiger partial charge in [-0.3, -0.25) is 0 Å². The van der Waals surface area contributed by atoms with Crippen LogP contribution in [0, 0.1) is 0 Å². The largest absolute Gasteiger partial charge is 0.456 e. The molecule has 7 rings (SSSR count). The zero-order valence-corrected chi connectivity index (χ0v) is 28.6. The van der Waals surface area contributed by atoms with Gasteiger partial charge in [0.05, 0.1) is 56.0 Å². The molecule has 266 valence electrons. The molecule has 4 atom stereocenters. The van der Waals surface area contributed by atoms with E-state index in [1.165, 1.54) is 6.20 Å². The fourth-order valence-electron chi connectivity index (χ4n) is 5.03. The van der Waals surface area contributed by atoms with E-state index in [0.29, 0.717) is 59.0 Å². The molecule has 0 saturated carbocycles. The van der Waals surface area contributed by atoms with Crippen molar-refractivity contribution in [2.45, 2.75) is 38.3 Å². The van der Waals surface area contributed by atoms with Crippen molar-refractivity contribution in [2.24, 2.45) is 0 Å². The first-order valence-corrected chi connectivity index (χ1v) is 17.0. The van der Waals surface area contributed by atoms with Crippen LogP contribution in [-0.2, 0) is 18.9 Å². The SMILES string of the molecule is CC(OCC1CO1)c1ccc(OC(=O)c2ccc(Oc3ccc(Oc4ccc(C(=O)Oc5ccc(C(C)OCC6CO6)cc5)cc4)nc3)cc2)cc1. The minimum Gasteiger partial charge on any atom is -0.456 e. The number of ether oxygens (including phenoxy) is 8. The number of aromatic nitrogens is 1. The van der Waals surface area contributed by atoms with Crippen LogP contribution in [-0.4, -0.2) is 55.6 Å². The van der Waals surface area contributed by atoms with Crippen LogP contribution in [0.3, 0.4) is 0 Å². The van der Waals surface area contributed by atoms with Gasteiger partial charge in [-0.05, 0) is 104 Å². The fourth-order valence-corrected chi connectivity index (χ4v) is 5.03. The van der Waals surface area contributed by atoms with Gasteiger partial charge in [-0.25, -0.2) is 14.6 Å². The highest BCUT2D eigenvalue weighted by Gasteiger charge is 2.24. The molecule has 0 bridgehead atoms.